The van der Waals surface area contributed by atoms with Crippen LogP contribution in [0.25, 0.3) is 0 Å². The van der Waals surface area contributed by atoms with E-state index in [9.17, 15) is 22.8 Å². The lowest BCUT2D eigenvalue weighted by Gasteiger charge is -2.27. The summed E-state index contributed by atoms with van der Waals surface area (Å²) in [4.78, 5) is 22.4. The Morgan fingerprint density at radius 1 is 1.21 bits per heavy atom. The third kappa shape index (κ3) is 5.94. The number of halogens is 3. The Morgan fingerprint density at radius 2 is 1.68 bits per heavy atom. The van der Waals surface area contributed by atoms with Gasteiger partial charge in [0.05, 0.1) is 5.41 Å². The van der Waals surface area contributed by atoms with Gasteiger partial charge in [-0.2, -0.15) is 13.2 Å². The van der Waals surface area contributed by atoms with E-state index in [-0.39, 0.29) is 12.3 Å². The van der Waals surface area contributed by atoms with Crippen molar-refractivity contribution in [1.29, 1.82) is 0 Å². The summed E-state index contributed by atoms with van der Waals surface area (Å²) in [6.07, 6.45) is -5.13. The number of nitrogens with one attached hydrogen (secondary N) is 1. The molecule has 0 aliphatic rings. The van der Waals surface area contributed by atoms with Crippen LogP contribution in [0.4, 0.5) is 13.2 Å². The molecule has 0 spiro atoms. The van der Waals surface area contributed by atoms with Crippen molar-refractivity contribution in [3.8, 4) is 0 Å². The summed E-state index contributed by atoms with van der Waals surface area (Å²) >= 11 is 0. The van der Waals surface area contributed by atoms with Crippen LogP contribution < -0.4 is 5.32 Å². The molecule has 0 aromatic heterocycles. The van der Waals surface area contributed by atoms with Gasteiger partial charge in [0, 0.05) is 6.42 Å². The van der Waals surface area contributed by atoms with Crippen molar-refractivity contribution in [3.63, 3.8) is 0 Å². The second kappa shape index (κ2) is 6.25. The van der Waals surface area contributed by atoms with E-state index < -0.39 is 35.9 Å². The van der Waals surface area contributed by atoms with Crippen LogP contribution in [0.1, 0.15) is 40.5 Å². The minimum Gasteiger partial charge on any atom is -0.480 e. The Kier molecular flexibility index (Phi) is 5.83. The fourth-order valence-corrected chi connectivity index (χ4v) is 1.44. The number of carbonyl (C=O) groups is 2. The van der Waals surface area contributed by atoms with Gasteiger partial charge in [0.2, 0.25) is 5.91 Å². The van der Waals surface area contributed by atoms with E-state index in [4.69, 9.17) is 5.11 Å². The molecule has 1 amide bonds. The number of aliphatic carboxylic acids is 1. The lowest BCUT2D eigenvalue weighted by atomic mass is 9.88. The molecule has 0 bridgehead atoms. The topological polar surface area (TPSA) is 66.4 Å². The van der Waals surface area contributed by atoms with Crippen molar-refractivity contribution in [3.05, 3.63) is 0 Å². The van der Waals surface area contributed by atoms with Gasteiger partial charge in [-0.15, -0.1) is 0 Å². The predicted molar refractivity (Wildman–Crippen MR) is 63.5 cm³/mol. The first-order valence-electron chi connectivity index (χ1n) is 5.95. The van der Waals surface area contributed by atoms with E-state index in [2.05, 4.69) is 5.32 Å². The highest BCUT2D eigenvalue weighted by atomic mass is 19.4. The van der Waals surface area contributed by atoms with Gasteiger partial charge in [-0.05, 0) is 12.3 Å². The third-order valence-corrected chi connectivity index (χ3v) is 2.71. The molecule has 2 N–H and O–H groups in total. The Balaban J connectivity index is 4.64. The van der Waals surface area contributed by atoms with Gasteiger partial charge in [-0.3, -0.25) is 4.79 Å². The Labute approximate surface area is 110 Å². The summed E-state index contributed by atoms with van der Waals surface area (Å²) in [5.41, 5.74) is -2.18. The average molecular weight is 283 g/mol. The van der Waals surface area contributed by atoms with Gasteiger partial charge in [-0.25, -0.2) is 4.79 Å². The summed E-state index contributed by atoms with van der Waals surface area (Å²) < 4.78 is 37.8. The SMILES string of the molecule is CC(C)C[C@H](NC(=O)CC(C)(C)C(F)(F)F)C(=O)O. The summed E-state index contributed by atoms with van der Waals surface area (Å²) in [5.74, 6) is -2.14. The zero-order valence-corrected chi connectivity index (χ0v) is 11.5. The van der Waals surface area contributed by atoms with Gasteiger partial charge in [-0.1, -0.05) is 27.7 Å². The molecule has 0 aromatic carbocycles. The summed E-state index contributed by atoms with van der Waals surface area (Å²) in [6, 6.07) is -1.16. The number of alkyl halides is 3. The van der Waals surface area contributed by atoms with Crippen LogP contribution in [0.5, 0.6) is 0 Å². The van der Waals surface area contributed by atoms with Crippen molar-refractivity contribution in [2.45, 2.75) is 52.8 Å². The molecule has 0 saturated heterocycles. The van der Waals surface area contributed by atoms with Gasteiger partial charge in [0.15, 0.2) is 0 Å². The van der Waals surface area contributed by atoms with Crippen molar-refractivity contribution in [2.24, 2.45) is 11.3 Å². The van der Waals surface area contributed by atoms with Gasteiger partial charge >= 0.3 is 12.1 Å². The number of carboxylic acid groups (broad SMARTS) is 1. The number of carboxylic acids is 1. The van der Waals surface area contributed by atoms with Gasteiger partial charge in [0.1, 0.15) is 6.04 Å². The fourth-order valence-electron chi connectivity index (χ4n) is 1.44. The van der Waals surface area contributed by atoms with Crippen molar-refractivity contribution < 1.29 is 27.9 Å². The van der Waals surface area contributed by atoms with E-state index in [0.29, 0.717) is 0 Å². The number of carbonyl (C=O) groups excluding carboxylic acids is 1. The maximum absolute atomic E-state index is 12.6. The molecule has 0 fully saturated rings. The molecule has 4 nitrogen and oxygen atoms in total. The molecule has 1 atom stereocenters. The first kappa shape index (κ1) is 17.7. The minimum absolute atomic E-state index is 0.0111. The van der Waals surface area contributed by atoms with Crippen molar-refractivity contribution >= 4 is 11.9 Å². The predicted octanol–water partition coefficient (Wildman–Crippen LogP) is 2.58. The molecule has 0 unspecified atom stereocenters. The van der Waals surface area contributed by atoms with Crippen LogP contribution in [0.15, 0.2) is 0 Å². The number of rotatable bonds is 6. The number of amides is 1. The smallest absolute Gasteiger partial charge is 0.394 e. The van der Waals surface area contributed by atoms with E-state index >= 15 is 0 Å². The second-order valence-electron chi connectivity index (χ2n) is 5.65. The fraction of sp³-hybridized carbons (Fsp3) is 0.833. The van der Waals surface area contributed by atoms with E-state index in [1.165, 1.54) is 0 Å². The second-order valence-corrected chi connectivity index (χ2v) is 5.65. The van der Waals surface area contributed by atoms with Crippen LogP contribution >= 0.6 is 0 Å². The van der Waals surface area contributed by atoms with Crippen LogP contribution in [0.2, 0.25) is 0 Å². The monoisotopic (exact) mass is 283 g/mol. The Morgan fingerprint density at radius 3 is 2.00 bits per heavy atom. The van der Waals surface area contributed by atoms with Gasteiger partial charge in [0.25, 0.3) is 0 Å². The number of hydrogen-bond acceptors (Lipinski definition) is 2. The maximum atomic E-state index is 12.6. The molecule has 0 radical (unpaired) electrons. The molecule has 0 aliphatic carbocycles. The molecule has 0 saturated carbocycles. The zero-order chi connectivity index (χ0) is 15.4. The summed E-state index contributed by atoms with van der Waals surface area (Å²) in [6.45, 7) is 5.35. The standard InChI is InChI=1S/C12H20F3NO3/c1-7(2)5-8(10(18)19)16-9(17)6-11(3,4)12(13,14)15/h7-8H,5-6H2,1-4H3,(H,16,17)(H,18,19)/t8-/m0/s1. The molecule has 19 heavy (non-hydrogen) atoms. The molecule has 112 valence electrons. The quantitative estimate of drug-likeness (QED) is 0.787. The minimum atomic E-state index is -4.51. The van der Waals surface area contributed by atoms with Crippen molar-refractivity contribution in [1.82, 2.24) is 5.32 Å². The molecule has 0 rings (SSSR count). The van der Waals surface area contributed by atoms with E-state index in [1.807, 2.05) is 0 Å². The van der Waals surface area contributed by atoms with Gasteiger partial charge < -0.3 is 10.4 Å². The number of hydrogen-bond donors (Lipinski definition) is 2. The highest BCUT2D eigenvalue weighted by Crippen LogP contribution is 2.40. The largest absolute Gasteiger partial charge is 0.480 e. The van der Waals surface area contributed by atoms with E-state index in [1.54, 1.807) is 13.8 Å². The van der Waals surface area contributed by atoms with Crippen LogP contribution in [0, 0.1) is 11.3 Å². The lowest BCUT2D eigenvalue weighted by Crippen LogP contribution is -2.45. The summed E-state index contributed by atoms with van der Waals surface area (Å²) in [5, 5.41) is 11.0. The molecule has 7 heteroatoms. The highest BCUT2D eigenvalue weighted by molar-refractivity contribution is 5.83. The van der Waals surface area contributed by atoms with E-state index in [0.717, 1.165) is 13.8 Å². The van der Waals surface area contributed by atoms with Crippen molar-refractivity contribution in [2.75, 3.05) is 0 Å². The maximum Gasteiger partial charge on any atom is 0.394 e. The first-order chi connectivity index (χ1) is 8.36. The zero-order valence-electron chi connectivity index (χ0n) is 11.5. The third-order valence-electron chi connectivity index (χ3n) is 2.71. The normalized spacial score (nSPS) is 14.3. The molecular weight excluding hydrogens is 263 g/mol. The molecular formula is C12H20F3NO3. The van der Waals surface area contributed by atoms with Crippen LogP contribution in [-0.4, -0.2) is 29.2 Å². The summed E-state index contributed by atoms with van der Waals surface area (Å²) in [7, 11) is 0. The van der Waals surface area contributed by atoms with Crippen LogP contribution in [-0.2, 0) is 9.59 Å². The molecule has 0 aliphatic heterocycles. The Hall–Kier alpha value is -1.27. The first-order valence-corrected chi connectivity index (χ1v) is 5.95. The molecule has 0 heterocycles. The Bertz CT molecular complexity index is 338. The lowest BCUT2D eigenvalue weighted by molar-refractivity contribution is -0.213. The average Bonchev–Trinajstić information content (AvgIpc) is 2.12. The molecule has 0 aromatic rings. The highest BCUT2D eigenvalue weighted by Gasteiger charge is 2.48. The van der Waals surface area contributed by atoms with Crippen LogP contribution in [0.3, 0.4) is 0 Å².